The Bertz CT molecular complexity index is 435. The van der Waals surface area contributed by atoms with Gasteiger partial charge in [0.05, 0.1) is 12.1 Å². The Hall–Kier alpha value is -1.64. The quantitative estimate of drug-likeness (QED) is 0.683. The number of anilines is 1. The molecule has 0 saturated carbocycles. The van der Waals surface area contributed by atoms with Crippen LogP contribution in [0.4, 0.5) is 5.69 Å². The molecule has 1 aromatic carbocycles. The molecule has 0 saturated heterocycles. The van der Waals surface area contributed by atoms with Crippen molar-refractivity contribution < 1.29 is 9.59 Å². The minimum absolute atomic E-state index is 0.00727. The van der Waals surface area contributed by atoms with Gasteiger partial charge >= 0.3 is 0 Å². The van der Waals surface area contributed by atoms with Gasteiger partial charge in [0, 0.05) is 5.56 Å². The summed E-state index contributed by atoms with van der Waals surface area (Å²) in [6.07, 6.45) is 0.386. The van der Waals surface area contributed by atoms with Gasteiger partial charge in [-0.15, -0.1) is 0 Å². The molecule has 0 atom stereocenters. The molecule has 72 valence electrons. The molecule has 1 aromatic rings. The molecule has 0 bridgehead atoms. The predicted molar refractivity (Wildman–Crippen MR) is 53.5 cm³/mol. The number of fused-ring (bicyclic) bond motifs is 1. The summed E-state index contributed by atoms with van der Waals surface area (Å²) < 4.78 is 0. The first-order chi connectivity index (χ1) is 6.58. The topological polar surface area (TPSA) is 46.2 Å². The molecular weight excluding hydrogens is 178 g/mol. The smallest absolute Gasteiger partial charge is 0.228 e. The second-order valence-electron chi connectivity index (χ2n) is 3.63. The van der Waals surface area contributed by atoms with Crippen molar-refractivity contribution in [3.8, 4) is 0 Å². The Morgan fingerprint density at radius 3 is 2.79 bits per heavy atom. The van der Waals surface area contributed by atoms with Gasteiger partial charge in [0.1, 0.15) is 0 Å². The zero-order chi connectivity index (χ0) is 10.3. The van der Waals surface area contributed by atoms with Gasteiger partial charge in [-0.05, 0) is 31.0 Å². The van der Waals surface area contributed by atoms with Crippen LogP contribution in [0.25, 0.3) is 0 Å². The molecule has 1 heterocycles. The van der Waals surface area contributed by atoms with E-state index >= 15 is 0 Å². The highest BCUT2D eigenvalue weighted by Crippen LogP contribution is 2.28. The lowest BCUT2D eigenvalue weighted by Crippen LogP contribution is -2.06. The molecule has 1 aliphatic heterocycles. The highest BCUT2D eigenvalue weighted by atomic mass is 16.2. The van der Waals surface area contributed by atoms with Gasteiger partial charge in [0.15, 0.2) is 5.78 Å². The van der Waals surface area contributed by atoms with Crippen LogP contribution >= 0.6 is 0 Å². The van der Waals surface area contributed by atoms with Crippen LogP contribution in [0.15, 0.2) is 12.1 Å². The van der Waals surface area contributed by atoms with Crippen molar-refractivity contribution in [3.63, 3.8) is 0 Å². The molecule has 0 radical (unpaired) electrons. The monoisotopic (exact) mass is 189 g/mol. The number of aryl methyl sites for hydroxylation is 1. The molecule has 0 spiro atoms. The van der Waals surface area contributed by atoms with Crippen molar-refractivity contribution in [2.45, 2.75) is 20.3 Å². The number of carbonyl (C=O) groups is 2. The zero-order valence-electron chi connectivity index (χ0n) is 8.18. The Morgan fingerprint density at radius 2 is 2.14 bits per heavy atom. The normalized spacial score (nSPS) is 13.7. The fraction of sp³-hybridized carbons (Fsp3) is 0.273. The summed E-state index contributed by atoms with van der Waals surface area (Å²) in [5.74, 6) is -0.0414. The van der Waals surface area contributed by atoms with Crippen LogP contribution in [0.3, 0.4) is 0 Å². The summed E-state index contributed by atoms with van der Waals surface area (Å²) in [6, 6.07) is 3.76. The van der Waals surface area contributed by atoms with Gasteiger partial charge in [-0.25, -0.2) is 0 Å². The largest absolute Gasteiger partial charge is 0.325 e. The lowest BCUT2D eigenvalue weighted by atomic mass is 10.0. The number of benzene rings is 1. The van der Waals surface area contributed by atoms with E-state index in [1.54, 1.807) is 0 Å². The molecule has 0 aromatic heterocycles. The van der Waals surface area contributed by atoms with Crippen LogP contribution in [-0.4, -0.2) is 11.7 Å². The number of nitrogens with one attached hydrogen (secondary N) is 1. The zero-order valence-corrected chi connectivity index (χ0v) is 8.18. The van der Waals surface area contributed by atoms with Gasteiger partial charge in [-0.3, -0.25) is 9.59 Å². The van der Waals surface area contributed by atoms with Crippen LogP contribution in [0.1, 0.15) is 28.4 Å². The lowest BCUT2D eigenvalue weighted by molar-refractivity contribution is -0.115. The molecule has 1 N–H and O–H groups in total. The van der Waals surface area contributed by atoms with E-state index < -0.39 is 0 Å². The fourth-order valence-corrected chi connectivity index (χ4v) is 1.78. The minimum atomic E-state index is -0.0342. The molecule has 1 amide bonds. The number of carbonyl (C=O) groups excluding carboxylic acids is 2. The van der Waals surface area contributed by atoms with Crippen molar-refractivity contribution in [3.05, 3.63) is 28.8 Å². The van der Waals surface area contributed by atoms with E-state index in [0.29, 0.717) is 17.7 Å². The highest BCUT2D eigenvalue weighted by molar-refractivity contribution is 6.08. The number of Topliss-reactive ketones (excluding diaryl/α,β-unsaturated/α-hetero) is 1. The van der Waals surface area contributed by atoms with Gasteiger partial charge in [-0.1, -0.05) is 6.07 Å². The molecule has 3 heteroatoms. The number of hydrogen-bond acceptors (Lipinski definition) is 2. The van der Waals surface area contributed by atoms with Crippen LogP contribution < -0.4 is 5.32 Å². The SMILES string of the molecule is CC(=O)c1cc(C)cc2c1NC(=O)C2. The van der Waals surface area contributed by atoms with Crippen molar-refractivity contribution in [2.24, 2.45) is 0 Å². The van der Waals surface area contributed by atoms with Crippen molar-refractivity contribution >= 4 is 17.4 Å². The van der Waals surface area contributed by atoms with Gasteiger partial charge in [-0.2, -0.15) is 0 Å². The van der Waals surface area contributed by atoms with E-state index in [1.165, 1.54) is 6.92 Å². The second-order valence-corrected chi connectivity index (χ2v) is 3.63. The first-order valence-electron chi connectivity index (χ1n) is 4.52. The average Bonchev–Trinajstić information content (AvgIpc) is 2.42. The standard InChI is InChI=1S/C11H11NO2/c1-6-3-8-5-10(14)12-11(8)9(4-6)7(2)13/h3-4H,5H2,1-2H3,(H,12,14). The van der Waals surface area contributed by atoms with Gasteiger partial charge < -0.3 is 5.32 Å². The summed E-state index contributed by atoms with van der Waals surface area (Å²) in [5, 5.41) is 2.71. The first kappa shape index (κ1) is 8.94. The van der Waals surface area contributed by atoms with Gasteiger partial charge in [0.2, 0.25) is 5.91 Å². The summed E-state index contributed by atoms with van der Waals surface area (Å²) in [5.41, 5.74) is 3.27. The summed E-state index contributed by atoms with van der Waals surface area (Å²) in [7, 11) is 0. The Balaban J connectivity index is 2.63. The van der Waals surface area contributed by atoms with E-state index in [2.05, 4.69) is 5.32 Å². The molecule has 1 aliphatic rings. The van der Waals surface area contributed by atoms with E-state index in [-0.39, 0.29) is 11.7 Å². The van der Waals surface area contributed by atoms with E-state index in [9.17, 15) is 9.59 Å². The fourth-order valence-electron chi connectivity index (χ4n) is 1.78. The summed E-state index contributed by atoms with van der Waals surface area (Å²) in [4.78, 5) is 22.5. The maximum atomic E-state index is 11.3. The molecule has 0 aliphatic carbocycles. The van der Waals surface area contributed by atoms with Crippen LogP contribution in [-0.2, 0) is 11.2 Å². The van der Waals surface area contributed by atoms with Crippen LogP contribution in [0, 0.1) is 6.92 Å². The number of amides is 1. The predicted octanol–water partition coefficient (Wildman–Crippen LogP) is 1.69. The maximum absolute atomic E-state index is 11.3. The average molecular weight is 189 g/mol. The van der Waals surface area contributed by atoms with E-state index in [4.69, 9.17) is 0 Å². The highest BCUT2D eigenvalue weighted by Gasteiger charge is 2.22. The molecule has 0 unspecified atom stereocenters. The third kappa shape index (κ3) is 1.31. The number of rotatable bonds is 1. The van der Waals surface area contributed by atoms with Crippen molar-refractivity contribution in [1.82, 2.24) is 0 Å². The Kier molecular flexibility index (Phi) is 1.88. The molecule has 0 fully saturated rings. The van der Waals surface area contributed by atoms with E-state index in [0.717, 1.165) is 11.1 Å². The summed E-state index contributed by atoms with van der Waals surface area (Å²) in [6.45, 7) is 3.44. The minimum Gasteiger partial charge on any atom is -0.325 e. The van der Waals surface area contributed by atoms with Gasteiger partial charge in [0.25, 0.3) is 0 Å². The second kappa shape index (κ2) is 2.94. The Labute approximate surface area is 82.1 Å². The third-order valence-corrected chi connectivity index (χ3v) is 2.36. The van der Waals surface area contributed by atoms with Crippen molar-refractivity contribution in [2.75, 3.05) is 5.32 Å². The number of hydrogen-bond donors (Lipinski definition) is 1. The lowest BCUT2D eigenvalue weighted by Gasteiger charge is -2.06. The molecule has 14 heavy (non-hydrogen) atoms. The molecular formula is C11H11NO2. The summed E-state index contributed by atoms with van der Waals surface area (Å²) >= 11 is 0. The first-order valence-corrected chi connectivity index (χ1v) is 4.52. The van der Waals surface area contributed by atoms with Crippen molar-refractivity contribution in [1.29, 1.82) is 0 Å². The third-order valence-electron chi connectivity index (χ3n) is 2.36. The number of ketones is 1. The van der Waals surface area contributed by atoms with Crippen LogP contribution in [0.2, 0.25) is 0 Å². The Morgan fingerprint density at radius 1 is 1.43 bits per heavy atom. The van der Waals surface area contributed by atoms with E-state index in [1.807, 2.05) is 19.1 Å². The van der Waals surface area contributed by atoms with Crippen LogP contribution in [0.5, 0.6) is 0 Å². The maximum Gasteiger partial charge on any atom is 0.228 e. The molecule has 3 nitrogen and oxygen atoms in total. The molecule has 2 rings (SSSR count).